The molecule has 0 amide bonds. The number of thiophene rings is 1. The van der Waals surface area contributed by atoms with E-state index < -0.39 is 10.1 Å². The number of rotatable bonds is 12. The first kappa shape index (κ1) is 17.5. The van der Waals surface area contributed by atoms with Gasteiger partial charge in [-0.1, -0.05) is 38.5 Å². The highest BCUT2D eigenvalue weighted by Gasteiger charge is 2.02. The molecule has 0 fully saturated rings. The van der Waals surface area contributed by atoms with Gasteiger partial charge in [-0.3, -0.25) is 4.55 Å². The summed E-state index contributed by atoms with van der Waals surface area (Å²) in [5.74, 6) is 0.676. The molecule has 0 aliphatic carbocycles. The number of ether oxygens (including phenoxy) is 1. The minimum Gasteiger partial charge on any atom is -0.492 e. The molecule has 0 aromatic carbocycles. The topological polar surface area (TPSA) is 63.6 Å². The van der Waals surface area contributed by atoms with E-state index in [0.29, 0.717) is 6.42 Å². The van der Waals surface area contributed by atoms with Crippen molar-refractivity contribution in [1.29, 1.82) is 0 Å². The standard InChI is InChI=1S/C14H22O4S2/c15-20(16,17)12-8-6-4-2-1-3-5-7-10-18-14-9-11-19-13-14/h9H,1-8,10,12H2,(H,15,16,17). The third kappa shape index (κ3) is 10.2. The Kier molecular flexibility index (Phi) is 8.89. The molecule has 1 rings (SSSR count). The summed E-state index contributed by atoms with van der Waals surface area (Å²) in [5.41, 5.74) is 0. The van der Waals surface area contributed by atoms with Crippen molar-refractivity contribution in [3.8, 4) is 5.75 Å². The molecular formula is C14H22O4S2. The lowest BCUT2D eigenvalue weighted by molar-refractivity contribution is 0.305. The van der Waals surface area contributed by atoms with E-state index in [2.05, 4.69) is 10.8 Å². The molecule has 114 valence electrons. The van der Waals surface area contributed by atoms with Crippen LogP contribution in [-0.2, 0) is 10.1 Å². The molecule has 20 heavy (non-hydrogen) atoms. The lowest BCUT2D eigenvalue weighted by Gasteiger charge is -2.04. The Morgan fingerprint density at radius 2 is 1.65 bits per heavy atom. The molecule has 0 saturated heterocycles. The van der Waals surface area contributed by atoms with Gasteiger partial charge in [0.05, 0.1) is 17.7 Å². The maximum absolute atomic E-state index is 10.5. The molecule has 0 aliphatic rings. The summed E-state index contributed by atoms with van der Waals surface area (Å²) in [4.78, 5) is 0. The minimum absolute atomic E-state index is 0.110. The predicted molar refractivity (Wildman–Crippen MR) is 80.8 cm³/mol. The van der Waals surface area contributed by atoms with Crippen LogP contribution in [0.4, 0.5) is 0 Å². The Bertz CT molecular complexity index is 426. The second-order valence-electron chi connectivity index (χ2n) is 4.79. The molecule has 4 nitrogen and oxygen atoms in total. The molecule has 2 radical (unpaired) electrons. The second kappa shape index (κ2) is 10.2. The molecule has 0 aliphatic heterocycles. The average Bonchev–Trinajstić information content (AvgIpc) is 2.87. The van der Waals surface area contributed by atoms with Gasteiger partial charge >= 0.3 is 0 Å². The van der Waals surface area contributed by atoms with Crippen LogP contribution in [0, 0.1) is 10.8 Å². The first-order chi connectivity index (χ1) is 9.58. The zero-order chi connectivity index (χ0) is 14.7. The second-order valence-corrected chi connectivity index (χ2v) is 7.01. The van der Waals surface area contributed by atoms with Crippen LogP contribution in [0.5, 0.6) is 5.75 Å². The quantitative estimate of drug-likeness (QED) is 0.471. The van der Waals surface area contributed by atoms with Crippen molar-refractivity contribution in [3.05, 3.63) is 16.8 Å². The first-order valence-electron chi connectivity index (χ1n) is 7.03. The highest BCUT2D eigenvalue weighted by Crippen LogP contribution is 2.14. The summed E-state index contributed by atoms with van der Waals surface area (Å²) < 4.78 is 35.0. The Hall–Kier alpha value is -0.590. The van der Waals surface area contributed by atoms with Crippen LogP contribution >= 0.6 is 11.3 Å². The maximum Gasteiger partial charge on any atom is 0.264 e. The predicted octanol–water partition coefficient (Wildman–Crippen LogP) is 3.74. The molecule has 0 unspecified atom stereocenters. The van der Waals surface area contributed by atoms with E-state index in [1.807, 2.05) is 0 Å². The Morgan fingerprint density at radius 3 is 2.20 bits per heavy atom. The van der Waals surface area contributed by atoms with Crippen molar-refractivity contribution < 1.29 is 17.7 Å². The molecule has 1 heterocycles. The van der Waals surface area contributed by atoms with Crippen LogP contribution in [-0.4, -0.2) is 25.3 Å². The third-order valence-electron chi connectivity index (χ3n) is 2.95. The van der Waals surface area contributed by atoms with E-state index in [-0.39, 0.29) is 5.75 Å². The van der Waals surface area contributed by atoms with E-state index in [4.69, 9.17) is 9.29 Å². The van der Waals surface area contributed by atoms with Crippen LogP contribution in [0.25, 0.3) is 0 Å². The largest absolute Gasteiger partial charge is 0.492 e. The van der Waals surface area contributed by atoms with Crippen LogP contribution in [0.1, 0.15) is 51.4 Å². The van der Waals surface area contributed by atoms with Crippen molar-refractivity contribution >= 4 is 21.5 Å². The summed E-state index contributed by atoms with van der Waals surface area (Å²) >= 11 is 1.39. The van der Waals surface area contributed by atoms with Crippen molar-refractivity contribution in [2.24, 2.45) is 0 Å². The molecule has 0 saturated carbocycles. The van der Waals surface area contributed by atoms with Crippen molar-refractivity contribution in [1.82, 2.24) is 0 Å². The molecule has 0 atom stereocenters. The summed E-state index contributed by atoms with van der Waals surface area (Å²) in [6.07, 6.45) is 8.14. The van der Waals surface area contributed by atoms with E-state index in [1.54, 1.807) is 6.07 Å². The minimum atomic E-state index is -3.77. The average molecular weight is 318 g/mol. The SMILES string of the molecule is O=S(=O)(O)CCCCCCCCCCOc1[c]s[c]c1. The van der Waals surface area contributed by atoms with E-state index in [1.165, 1.54) is 24.2 Å². The fourth-order valence-electron chi connectivity index (χ4n) is 1.89. The monoisotopic (exact) mass is 318 g/mol. The zero-order valence-corrected chi connectivity index (χ0v) is 13.3. The Morgan fingerprint density at radius 1 is 1.05 bits per heavy atom. The van der Waals surface area contributed by atoms with Gasteiger partial charge in [0, 0.05) is 11.4 Å². The van der Waals surface area contributed by atoms with Crippen LogP contribution in [0.2, 0.25) is 0 Å². The summed E-state index contributed by atoms with van der Waals surface area (Å²) in [6, 6.07) is 1.80. The highest BCUT2D eigenvalue weighted by molar-refractivity contribution is 7.85. The van der Waals surface area contributed by atoms with E-state index in [9.17, 15) is 8.42 Å². The Labute approximate surface area is 125 Å². The highest BCUT2D eigenvalue weighted by atomic mass is 32.2. The van der Waals surface area contributed by atoms with Crippen LogP contribution < -0.4 is 4.74 Å². The number of hydrogen-bond acceptors (Lipinski definition) is 4. The number of hydrogen-bond donors (Lipinski definition) is 1. The molecule has 0 spiro atoms. The molecule has 1 N–H and O–H groups in total. The number of unbranched alkanes of at least 4 members (excludes halogenated alkanes) is 7. The lowest BCUT2D eigenvalue weighted by Crippen LogP contribution is -2.03. The summed E-state index contributed by atoms with van der Waals surface area (Å²) in [7, 11) is -3.77. The van der Waals surface area contributed by atoms with Gasteiger partial charge in [0.1, 0.15) is 5.75 Å². The smallest absolute Gasteiger partial charge is 0.264 e. The molecule has 6 heteroatoms. The van der Waals surface area contributed by atoms with Gasteiger partial charge < -0.3 is 4.74 Å². The molecular weight excluding hydrogens is 296 g/mol. The van der Waals surface area contributed by atoms with E-state index >= 15 is 0 Å². The zero-order valence-electron chi connectivity index (χ0n) is 11.6. The molecule has 1 aromatic rings. The van der Waals surface area contributed by atoms with Gasteiger partial charge in [0.2, 0.25) is 0 Å². The van der Waals surface area contributed by atoms with Gasteiger partial charge in [-0.15, -0.1) is 11.3 Å². The van der Waals surface area contributed by atoms with Gasteiger partial charge in [0.15, 0.2) is 0 Å². The van der Waals surface area contributed by atoms with Gasteiger partial charge in [-0.25, -0.2) is 0 Å². The van der Waals surface area contributed by atoms with Crippen molar-refractivity contribution in [2.75, 3.05) is 12.4 Å². The van der Waals surface area contributed by atoms with Gasteiger partial charge in [-0.05, 0) is 12.8 Å². The summed E-state index contributed by atoms with van der Waals surface area (Å²) in [6.45, 7) is 0.732. The first-order valence-corrected chi connectivity index (χ1v) is 9.46. The summed E-state index contributed by atoms with van der Waals surface area (Å²) in [5, 5.41) is 5.91. The third-order valence-corrected chi connectivity index (χ3v) is 4.30. The normalized spacial score (nSPS) is 11.7. The van der Waals surface area contributed by atoms with Gasteiger partial charge in [0.25, 0.3) is 10.1 Å². The molecule has 0 bridgehead atoms. The van der Waals surface area contributed by atoms with Crippen molar-refractivity contribution in [3.63, 3.8) is 0 Å². The maximum atomic E-state index is 10.5. The van der Waals surface area contributed by atoms with Crippen LogP contribution in [0.3, 0.4) is 0 Å². The van der Waals surface area contributed by atoms with Crippen molar-refractivity contribution in [2.45, 2.75) is 51.4 Å². The van der Waals surface area contributed by atoms with Gasteiger partial charge in [-0.2, -0.15) is 8.42 Å². The fourth-order valence-corrected chi connectivity index (χ4v) is 2.90. The molecule has 1 aromatic heterocycles. The van der Waals surface area contributed by atoms with E-state index in [0.717, 1.165) is 44.5 Å². The fraction of sp³-hybridized carbons (Fsp3) is 0.714. The van der Waals surface area contributed by atoms with Crippen LogP contribution in [0.15, 0.2) is 6.07 Å². The lowest BCUT2D eigenvalue weighted by atomic mass is 10.1. The Balaban J connectivity index is 1.79.